The van der Waals surface area contributed by atoms with Gasteiger partial charge in [-0.3, -0.25) is 4.79 Å². The van der Waals surface area contributed by atoms with Gasteiger partial charge in [0.2, 0.25) is 0 Å². The minimum absolute atomic E-state index is 0. The average Bonchev–Trinajstić information content (AvgIpc) is 2.52. The molecule has 1 aliphatic heterocycles. The second kappa shape index (κ2) is 5.78. The van der Waals surface area contributed by atoms with Crippen LogP contribution in [0.25, 0.3) is 0 Å². The van der Waals surface area contributed by atoms with Gasteiger partial charge in [-0.15, -0.1) is 12.4 Å². The van der Waals surface area contributed by atoms with Crippen molar-refractivity contribution in [2.75, 3.05) is 13.7 Å². The van der Waals surface area contributed by atoms with Crippen LogP contribution in [-0.4, -0.2) is 25.5 Å². The molecule has 4 heteroatoms. The zero-order chi connectivity index (χ0) is 15.5. The molecule has 0 amide bonds. The Bertz CT molecular complexity index is 632. The van der Waals surface area contributed by atoms with Gasteiger partial charge in [0.05, 0.1) is 7.11 Å². The van der Waals surface area contributed by atoms with Crippen molar-refractivity contribution in [3.8, 4) is 5.75 Å². The fourth-order valence-electron chi connectivity index (χ4n) is 5.48. The molecule has 2 aliphatic carbocycles. The molecule has 5 atom stereocenters. The van der Waals surface area contributed by atoms with Gasteiger partial charge in [0.15, 0.2) is 0 Å². The van der Waals surface area contributed by atoms with Crippen molar-refractivity contribution in [2.24, 2.45) is 17.8 Å². The molecule has 4 rings (SSSR count). The smallest absolute Gasteiger partial charge is 0.136 e. The molecule has 0 aromatic heterocycles. The van der Waals surface area contributed by atoms with Crippen LogP contribution < -0.4 is 10.1 Å². The number of benzene rings is 1. The number of carbonyl (C=O) groups excluding carboxylic acids is 1. The Morgan fingerprint density at radius 1 is 1.30 bits per heavy atom. The van der Waals surface area contributed by atoms with Crippen LogP contribution in [0, 0.1) is 17.8 Å². The minimum Gasteiger partial charge on any atom is -0.497 e. The summed E-state index contributed by atoms with van der Waals surface area (Å²) >= 11 is 0. The van der Waals surface area contributed by atoms with Gasteiger partial charge in [-0.05, 0) is 54.5 Å². The molecule has 3 nitrogen and oxygen atoms in total. The summed E-state index contributed by atoms with van der Waals surface area (Å²) in [7, 11) is 1.72. The molecule has 1 heterocycles. The maximum Gasteiger partial charge on any atom is 0.136 e. The molecule has 1 N–H and O–H groups in total. The fourth-order valence-corrected chi connectivity index (χ4v) is 5.48. The third-order valence-electron chi connectivity index (χ3n) is 6.70. The van der Waals surface area contributed by atoms with Crippen molar-refractivity contribution in [1.29, 1.82) is 0 Å². The molecule has 0 spiro atoms. The maximum absolute atomic E-state index is 12.7. The van der Waals surface area contributed by atoms with Gasteiger partial charge in [0, 0.05) is 23.8 Å². The third-order valence-corrected chi connectivity index (χ3v) is 6.70. The molecule has 1 aromatic carbocycles. The van der Waals surface area contributed by atoms with Gasteiger partial charge >= 0.3 is 0 Å². The lowest BCUT2D eigenvalue weighted by Gasteiger charge is -2.58. The Morgan fingerprint density at radius 2 is 2.09 bits per heavy atom. The molecule has 0 unspecified atom stereocenters. The molecule has 23 heavy (non-hydrogen) atoms. The molecule has 1 aromatic rings. The number of carbonyl (C=O) groups is 1. The van der Waals surface area contributed by atoms with Crippen LogP contribution in [0.2, 0.25) is 0 Å². The van der Waals surface area contributed by atoms with E-state index in [1.807, 2.05) is 0 Å². The quantitative estimate of drug-likeness (QED) is 0.857. The maximum atomic E-state index is 12.7. The summed E-state index contributed by atoms with van der Waals surface area (Å²) in [5.41, 5.74) is 2.83. The van der Waals surface area contributed by atoms with Gasteiger partial charge in [-0.25, -0.2) is 0 Å². The zero-order valence-corrected chi connectivity index (χ0v) is 14.9. The van der Waals surface area contributed by atoms with Gasteiger partial charge in [-0.2, -0.15) is 0 Å². The summed E-state index contributed by atoms with van der Waals surface area (Å²) in [6.07, 6.45) is 2.86. The van der Waals surface area contributed by atoms with Crippen LogP contribution in [0.5, 0.6) is 5.75 Å². The van der Waals surface area contributed by atoms with Gasteiger partial charge in [0.1, 0.15) is 11.5 Å². The van der Waals surface area contributed by atoms with Crippen molar-refractivity contribution >= 4 is 18.2 Å². The van der Waals surface area contributed by atoms with Crippen molar-refractivity contribution in [3.63, 3.8) is 0 Å². The highest BCUT2D eigenvalue weighted by Gasteiger charge is 2.57. The topological polar surface area (TPSA) is 38.3 Å². The number of hydrogen-bond acceptors (Lipinski definition) is 3. The van der Waals surface area contributed by atoms with E-state index < -0.39 is 0 Å². The first-order valence-electron chi connectivity index (χ1n) is 8.50. The normalized spacial score (nSPS) is 38.1. The van der Waals surface area contributed by atoms with E-state index in [1.165, 1.54) is 11.1 Å². The van der Waals surface area contributed by atoms with Crippen LogP contribution in [0.1, 0.15) is 37.8 Å². The Kier molecular flexibility index (Phi) is 4.22. The van der Waals surface area contributed by atoms with Crippen LogP contribution in [0.15, 0.2) is 18.2 Å². The van der Waals surface area contributed by atoms with Crippen molar-refractivity contribution < 1.29 is 9.53 Å². The van der Waals surface area contributed by atoms with E-state index in [9.17, 15) is 4.79 Å². The number of halogens is 1. The number of piperidine rings is 1. The summed E-state index contributed by atoms with van der Waals surface area (Å²) in [5.74, 6) is 2.56. The zero-order valence-electron chi connectivity index (χ0n) is 14.1. The van der Waals surface area contributed by atoms with Gasteiger partial charge in [-0.1, -0.05) is 19.9 Å². The fraction of sp³-hybridized carbons (Fsp3) is 0.632. The number of nitrogens with one attached hydrogen (secondary N) is 1. The number of hydrogen-bond donors (Lipinski definition) is 1. The molecule has 2 bridgehead atoms. The lowest BCUT2D eigenvalue weighted by atomic mass is 9.48. The van der Waals surface area contributed by atoms with Crippen molar-refractivity contribution in [1.82, 2.24) is 5.32 Å². The summed E-state index contributed by atoms with van der Waals surface area (Å²) in [5, 5.41) is 3.74. The Hall–Kier alpha value is -1.06. The monoisotopic (exact) mass is 335 g/mol. The lowest BCUT2D eigenvalue weighted by Crippen LogP contribution is -2.64. The molecule has 2 fully saturated rings. The highest BCUT2D eigenvalue weighted by atomic mass is 35.5. The van der Waals surface area contributed by atoms with Crippen LogP contribution in [0.4, 0.5) is 0 Å². The van der Waals surface area contributed by atoms with E-state index in [2.05, 4.69) is 37.4 Å². The molecular weight excluding hydrogens is 310 g/mol. The molecule has 126 valence electrons. The highest BCUT2D eigenvalue weighted by Crippen LogP contribution is 2.56. The first kappa shape index (κ1) is 16.8. The predicted molar refractivity (Wildman–Crippen MR) is 93.5 cm³/mol. The van der Waals surface area contributed by atoms with E-state index in [1.54, 1.807) is 7.11 Å². The largest absolute Gasteiger partial charge is 0.497 e. The summed E-state index contributed by atoms with van der Waals surface area (Å²) < 4.78 is 5.47. The van der Waals surface area contributed by atoms with Crippen molar-refractivity contribution in [3.05, 3.63) is 29.3 Å². The number of Topliss-reactive ketones (excluding diaryl/α,β-unsaturated/α-hetero) is 1. The summed E-state index contributed by atoms with van der Waals surface area (Å²) in [6.45, 7) is 5.43. The lowest BCUT2D eigenvalue weighted by molar-refractivity contribution is -0.134. The Balaban J connectivity index is 0.00000156. The summed E-state index contributed by atoms with van der Waals surface area (Å²) in [4.78, 5) is 12.7. The van der Waals surface area contributed by atoms with E-state index in [0.717, 1.165) is 25.1 Å². The number of rotatable bonds is 1. The first-order chi connectivity index (χ1) is 10.6. The predicted octanol–water partition coefficient (Wildman–Crippen LogP) is 3.13. The molecular formula is C19H26ClNO2. The third kappa shape index (κ3) is 2.24. The van der Waals surface area contributed by atoms with Crippen LogP contribution in [-0.2, 0) is 16.6 Å². The van der Waals surface area contributed by atoms with Gasteiger partial charge in [0.25, 0.3) is 0 Å². The average molecular weight is 336 g/mol. The standard InChI is InChI=1S/C19H25NO2.ClH/c1-11-12(2)18-16-8-13-4-5-14(22-3)9-15(13)19(18,6-7-20-16)10-17(11)21;/h4-5,9,11-12,16,18,20H,6-8,10H2,1-3H3;1H/t11-,12-,16+,18-,19+;/m0./s1. The van der Waals surface area contributed by atoms with E-state index in [0.29, 0.717) is 30.1 Å². The number of methoxy groups -OCH3 is 1. The van der Waals surface area contributed by atoms with Crippen molar-refractivity contribution in [2.45, 2.75) is 44.6 Å². The highest BCUT2D eigenvalue weighted by molar-refractivity contribution is 5.85. The van der Waals surface area contributed by atoms with Crippen LogP contribution >= 0.6 is 12.4 Å². The number of ether oxygens (including phenoxy) is 1. The number of ketones is 1. The molecule has 0 radical (unpaired) electrons. The van der Waals surface area contributed by atoms with E-state index in [4.69, 9.17) is 4.74 Å². The Morgan fingerprint density at radius 3 is 2.83 bits per heavy atom. The number of fused-ring (bicyclic) bond motifs is 1. The second-order valence-electron chi connectivity index (χ2n) is 7.51. The molecule has 1 saturated carbocycles. The van der Waals surface area contributed by atoms with Gasteiger partial charge < -0.3 is 10.1 Å². The minimum atomic E-state index is 0. The SMILES string of the molecule is COc1ccc2c(c1)[C@]13CCN[C@H](C2)[C@@H]1[C@@H](C)[C@H](C)C(=O)C3.Cl. The second-order valence-corrected chi connectivity index (χ2v) is 7.51. The first-order valence-corrected chi connectivity index (χ1v) is 8.50. The van der Waals surface area contributed by atoms with E-state index >= 15 is 0 Å². The summed E-state index contributed by atoms with van der Waals surface area (Å²) in [6, 6.07) is 6.99. The Labute approximate surface area is 144 Å². The molecule has 1 saturated heterocycles. The van der Waals surface area contributed by atoms with Crippen LogP contribution in [0.3, 0.4) is 0 Å². The van der Waals surface area contributed by atoms with E-state index in [-0.39, 0.29) is 23.7 Å². The molecule has 3 aliphatic rings.